The Labute approximate surface area is 119 Å². The van der Waals surface area contributed by atoms with Crippen molar-refractivity contribution in [3.05, 3.63) is 6.54 Å². The SMILES string of the molecule is CCN1[CH-]C(C)N(C)C1C.[Rb+]. The Kier molecular flexibility index (Phi) is 6.31. The molecule has 2 nitrogen and oxygen atoms in total. The molecular formula is C8H17N2Rb. The zero-order valence-electron chi connectivity index (χ0n) is 8.33. The predicted octanol–water partition coefficient (Wildman–Crippen LogP) is -1.85. The summed E-state index contributed by atoms with van der Waals surface area (Å²) < 4.78 is 0. The summed E-state index contributed by atoms with van der Waals surface area (Å²) in [6, 6.07) is 0.606. The molecule has 1 aliphatic rings. The van der Waals surface area contributed by atoms with Crippen LogP contribution in [-0.2, 0) is 0 Å². The van der Waals surface area contributed by atoms with E-state index in [2.05, 4.69) is 44.2 Å². The Balaban J connectivity index is 0.000001000. The molecule has 11 heavy (non-hydrogen) atoms. The third-order valence-corrected chi connectivity index (χ3v) is 2.48. The minimum atomic E-state index is 0. The minimum absolute atomic E-state index is 0. The van der Waals surface area contributed by atoms with Crippen LogP contribution in [-0.4, -0.2) is 35.6 Å². The molecule has 1 aliphatic heterocycles. The average molecular weight is 227 g/mol. The molecule has 0 saturated carbocycles. The summed E-state index contributed by atoms with van der Waals surface area (Å²) in [5, 5.41) is 0. The van der Waals surface area contributed by atoms with Crippen LogP contribution in [0.15, 0.2) is 0 Å². The molecule has 2 atom stereocenters. The number of hydrogen-bond donors (Lipinski definition) is 0. The fourth-order valence-electron chi connectivity index (χ4n) is 1.45. The number of hydrogen-bond acceptors (Lipinski definition) is 2. The van der Waals surface area contributed by atoms with Gasteiger partial charge in [0.25, 0.3) is 0 Å². The summed E-state index contributed by atoms with van der Waals surface area (Å²) in [5.41, 5.74) is 0. The second-order valence-electron chi connectivity index (χ2n) is 3.02. The molecule has 0 bridgehead atoms. The third kappa shape index (κ3) is 2.85. The van der Waals surface area contributed by atoms with Gasteiger partial charge in [0.05, 0.1) is 0 Å². The van der Waals surface area contributed by atoms with Gasteiger partial charge in [-0.2, -0.15) is 0 Å². The smallest absolute Gasteiger partial charge is 0.441 e. The van der Waals surface area contributed by atoms with E-state index in [-0.39, 0.29) is 58.2 Å². The van der Waals surface area contributed by atoms with Crippen LogP contribution in [0, 0.1) is 6.54 Å². The Hall–Kier alpha value is 1.73. The van der Waals surface area contributed by atoms with Gasteiger partial charge < -0.3 is 9.80 Å². The maximum atomic E-state index is 2.37. The molecule has 0 amide bonds. The van der Waals surface area contributed by atoms with Gasteiger partial charge in [0, 0.05) is 6.17 Å². The molecule has 0 aromatic carbocycles. The first-order valence-corrected chi connectivity index (χ1v) is 3.99. The second-order valence-corrected chi connectivity index (χ2v) is 3.02. The molecule has 0 aliphatic carbocycles. The van der Waals surface area contributed by atoms with Crippen molar-refractivity contribution in [1.29, 1.82) is 0 Å². The normalized spacial score (nSPS) is 33.8. The largest absolute Gasteiger partial charge is 1.00 e. The Bertz CT molecular complexity index is 119. The number of rotatable bonds is 1. The van der Waals surface area contributed by atoms with Gasteiger partial charge in [-0.15, -0.1) is 6.04 Å². The van der Waals surface area contributed by atoms with Crippen molar-refractivity contribution in [2.45, 2.75) is 33.0 Å². The van der Waals surface area contributed by atoms with E-state index in [1.807, 2.05) is 0 Å². The van der Waals surface area contributed by atoms with Crippen molar-refractivity contribution in [3.8, 4) is 0 Å². The van der Waals surface area contributed by atoms with E-state index in [0.29, 0.717) is 12.2 Å². The van der Waals surface area contributed by atoms with Crippen LogP contribution in [0.3, 0.4) is 0 Å². The van der Waals surface area contributed by atoms with E-state index in [1.54, 1.807) is 0 Å². The molecule has 0 aromatic heterocycles. The molecule has 0 N–H and O–H groups in total. The van der Waals surface area contributed by atoms with Crippen LogP contribution < -0.4 is 58.2 Å². The molecular weight excluding hydrogens is 210 g/mol. The molecule has 0 radical (unpaired) electrons. The molecule has 2 unspecified atom stereocenters. The Morgan fingerprint density at radius 3 is 2.09 bits per heavy atom. The standard InChI is InChI=1S/C8H17N2.Rb/c1-5-10-6-7(2)9(4)8(10)3;/h6-8H,5H2,1-4H3;/q-1;+1. The zero-order valence-corrected chi connectivity index (χ0v) is 13.2. The predicted molar refractivity (Wildman–Crippen MR) is 43.4 cm³/mol. The van der Waals surface area contributed by atoms with Gasteiger partial charge in [-0.05, 0) is 20.5 Å². The molecule has 0 spiro atoms. The molecule has 60 valence electrons. The van der Waals surface area contributed by atoms with Gasteiger partial charge in [-0.1, -0.05) is 13.8 Å². The van der Waals surface area contributed by atoms with E-state index >= 15 is 0 Å². The van der Waals surface area contributed by atoms with Crippen LogP contribution in [0.25, 0.3) is 0 Å². The van der Waals surface area contributed by atoms with E-state index in [9.17, 15) is 0 Å². The summed E-state index contributed by atoms with van der Waals surface area (Å²) in [6.07, 6.45) is 0.583. The van der Waals surface area contributed by atoms with Crippen molar-refractivity contribution in [2.24, 2.45) is 0 Å². The third-order valence-electron chi connectivity index (χ3n) is 2.48. The minimum Gasteiger partial charge on any atom is -0.441 e. The van der Waals surface area contributed by atoms with Crippen LogP contribution in [0.1, 0.15) is 20.8 Å². The van der Waals surface area contributed by atoms with Crippen molar-refractivity contribution in [3.63, 3.8) is 0 Å². The fourth-order valence-corrected chi connectivity index (χ4v) is 1.45. The molecule has 0 aromatic rings. The van der Waals surface area contributed by atoms with Gasteiger partial charge in [-0.3, -0.25) is 0 Å². The first-order valence-electron chi connectivity index (χ1n) is 3.99. The first-order chi connectivity index (χ1) is 4.66. The summed E-state index contributed by atoms with van der Waals surface area (Å²) in [7, 11) is 2.17. The van der Waals surface area contributed by atoms with Crippen LogP contribution >= 0.6 is 0 Å². The summed E-state index contributed by atoms with van der Waals surface area (Å²) in [6.45, 7) is 10.1. The van der Waals surface area contributed by atoms with Gasteiger partial charge >= 0.3 is 58.2 Å². The Morgan fingerprint density at radius 1 is 1.36 bits per heavy atom. The maximum Gasteiger partial charge on any atom is 1.00 e. The summed E-state index contributed by atoms with van der Waals surface area (Å²) in [4.78, 5) is 4.73. The van der Waals surface area contributed by atoms with Gasteiger partial charge in [0.2, 0.25) is 0 Å². The van der Waals surface area contributed by atoms with E-state index < -0.39 is 0 Å². The number of nitrogens with zero attached hydrogens (tertiary/aromatic N) is 2. The zero-order chi connectivity index (χ0) is 7.72. The monoisotopic (exact) mass is 226 g/mol. The maximum absolute atomic E-state index is 2.37. The topological polar surface area (TPSA) is 6.48 Å². The van der Waals surface area contributed by atoms with Crippen molar-refractivity contribution >= 4 is 0 Å². The first kappa shape index (κ1) is 12.7. The fraction of sp³-hybridized carbons (Fsp3) is 0.875. The van der Waals surface area contributed by atoms with E-state index in [4.69, 9.17) is 0 Å². The summed E-state index contributed by atoms with van der Waals surface area (Å²) in [5.74, 6) is 0. The average Bonchev–Trinajstić information content (AvgIpc) is 2.17. The van der Waals surface area contributed by atoms with Crippen molar-refractivity contribution in [1.82, 2.24) is 9.80 Å². The number of likely N-dealkylation sites (N-methyl/N-ethyl adjacent to an activating group) is 2. The van der Waals surface area contributed by atoms with Gasteiger partial charge in [0.15, 0.2) is 0 Å². The quantitative estimate of drug-likeness (QED) is 0.485. The molecule has 1 rings (SSSR count). The molecule has 3 heteroatoms. The van der Waals surface area contributed by atoms with Crippen molar-refractivity contribution in [2.75, 3.05) is 13.6 Å². The Morgan fingerprint density at radius 2 is 1.91 bits per heavy atom. The second kappa shape index (κ2) is 5.45. The van der Waals surface area contributed by atoms with Gasteiger partial charge in [-0.25, -0.2) is 6.54 Å². The van der Waals surface area contributed by atoms with Crippen LogP contribution in [0.2, 0.25) is 0 Å². The molecule has 1 fully saturated rings. The molecule has 1 heterocycles. The summed E-state index contributed by atoms with van der Waals surface area (Å²) >= 11 is 0. The van der Waals surface area contributed by atoms with Crippen LogP contribution in [0.4, 0.5) is 0 Å². The van der Waals surface area contributed by atoms with Gasteiger partial charge in [0.1, 0.15) is 0 Å². The van der Waals surface area contributed by atoms with E-state index in [0.717, 1.165) is 6.54 Å². The molecule has 1 saturated heterocycles. The van der Waals surface area contributed by atoms with E-state index in [1.165, 1.54) is 0 Å². The van der Waals surface area contributed by atoms with Crippen molar-refractivity contribution < 1.29 is 58.2 Å². The van der Waals surface area contributed by atoms with Crippen LogP contribution in [0.5, 0.6) is 0 Å².